The Hall–Kier alpha value is -1.35. The average Bonchev–Trinajstić information content (AvgIpc) is 2.48. The van der Waals surface area contributed by atoms with Gasteiger partial charge in [-0.15, -0.1) is 0 Å². The van der Waals surface area contributed by atoms with Gasteiger partial charge in [0, 0.05) is 50.7 Å². The van der Waals surface area contributed by atoms with E-state index < -0.39 is 0 Å². The van der Waals surface area contributed by atoms with Crippen molar-refractivity contribution in [3.8, 4) is 0 Å². The summed E-state index contributed by atoms with van der Waals surface area (Å²) in [6.07, 6.45) is 3.88. The number of hydrogen-bond acceptors (Lipinski definition) is 3. The zero-order valence-corrected chi connectivity index (χ0v) is 11.4. The zero-order chi connectivity index (χ0) is 13.1. The minimum atomic E-state index is 0.460. The summed E-state index contributed by atoms with van der Waals surface area (Å²) >= 11 is 0. The Kier molecular flexibility index (Phi) is 3.83. The highest BCUT2D eigenvalue weighted by Gasteiger charge is 2.27. The summed E-state index contributed by atoms with van der Waals surface area (Å²) in [5, 5.41) is 0. The molecule has 1 saturated carbocycles. The number of para-hydroxylation sites is 1. The fourth-order valence-electron chi connectivity index (χ4n) is 3.30. The summed E-state index contributed by atoms with van der Waals surface area (Å²) in [6, 6.07) is 11.1. The van der Waals surface area contributed by atoms with Crippen LogP contribution >= 0.6 is 0 Å². The van der Waals surface area contributed by atoms with E-state index in [2.05, 4.69) is 40.1 Å². The van der Waals surface area contributed by atoms with E-state index in [9.17, 15) is 4.79 Å². The van der Waals surface area contributed by atoms with Gasteiger partial charge in [0.05, 0.1) is 0 Å². The van der Waals surface area contributed by atoms with E-state index in [0.29, 0.717) is 11.8 Å². The molecule has 1 heterocycles. The number of anilines is 1. The molecule has 1 unspecified atom stereocenters. The van der Waals surface area contributed by atoms with Gasteiger partial charge >= 0.3 is 0 Å². The first-order chi connectivity index (χ1) is 9.33. The molecule has 0 amide bonds. The Morgan fingerprint density at radius 3 is 2.42 bits per heavy atom. The summed E-state index contributed by atoms with van der Waals surface area (Å²) in [4.78, 5) is 16.5. The summed E-state index contributed by atoms with van der Waals surface area (Å²) in [5.74, 6) is 0.460. The van der Waals surface area contributed by atoms with E-state index in [1.807, 2.05) is 0 Å². The monoisotopic (exact) mass is 258 g/mol. The SMILES string of the molecule is O=C1CCCC(N2CCN(c3ccccc3)CC2)C1. The number of hydrogen-bond donors (Lipinski definition) is 0. The number of Topliss-reactive ketones (excluding diaryl/α,β-unsaturated/α-hetero) is 1. The molecule has 0 aromatic heterocycles. The molecule has 0 N–H and O–H groups in total. The van der Waals surface area contributed by atoms with Crippen LogP contribution in [0, 0.1) is 0 Å². The number of piperazine rings is 1. The van der Waals surface area contributed by atoms with Crippen molar-refractivity contribution in [2.45, 2.75) is 31.7 Å². The lowest BCUT2D eigenvalue weighted by atomic mass is 9.92. The number of carbonyl (C=O) groups is 1. The third-order valence-corrected chi connectivity index (χ3v) is 4.41. The fourth-order valence-corrected chi connectivity index (χ4v) is 3.30. The van der Waals surface area contributed by atoms with Crippen LogP contribution in [0.5, 0.6) is 0 Å². The lowest BCUT2D eigenvalue weighted by Gasteiger charge is -2.41. The third kappa shape index (κ3) is 2.98. The fraction of sp³-hybridized carbons (Fsp3) is 0.562. The van der Waals surface area contributed by atoms with Gasteiger partial charge in [-0.25, -0.2) is 0 Å². The summed E-state index contributed by atoms with van der Waals surface area (Å²) in [7, 11) is 0. The highest BCUT2D eigenvalue weighted by Crippen LogP contribution is 2.23. The van der Waals surface area contributed by atoms with Crippen LogP contribution < -0.4 is 4.90 Å². The van der Waals surface area contributed by atoms with Crippen LogP contribution in [0.1, 0.15) is 25.7 Å². The number of nitrogens with zero attached hydrogens (tertiary/aromatic N) is 2. The van der Waals surface area contributed by atoms with Crippen molar-refractivity contribution in [1.82, 2.24) is 4.90 Å². The Balaban J connectivity index is 1.56. The normalized spacial score (nSPS) is 25.6. The van der Waals surface area contributed by atoms with E-state index in [4.69, 9.17) is 0 Å². The smallest absolute Gasteiger partial charge is 0.134 e. The first kappa shape index (κ1) is 12.7. The van der Waals surface area contributed by atoms with E-state index >= 15 is 0 Å². The van der Waals surface area contributed by atoms with Crippen LogP contribution in [-0.4, -0.2) is 42.9 Å². The molecular weight excluding hydrogens is 236 g/mol. The number of carbonyl (C=O) groups excluding carboxylic acids is 1. The standard InChI is InChI=1S/C16H22N2O/c19-16-8-4-7-15(13-16)18-11-9-17(10-12-18)14-5-2-1-3-6-14/h1-3,5-6,15H,4,7-13H2. The van der Waals surface area contributed by atoms with Gasteiger partial charge in [-0.2, -0.15) is 0 Å². The van der Waals surface area contributed by atoms with Gasteiger partial charge in [0.15, 0.2) is 0 Å². The van der Waals surface area contributed by atoms with Crippen LogP contribution in [0.2, 0.25) is 0 Å². The van der Waals surface area contributed by atoms with E-state index in [1.165, 1.54) is 12.1 Å². The second kappa shape index (κ2) is 5.74. The molecule has 2 aliphatic rings. The van der Waals surface area contributed by atoms with Gasteiger partial charge < -0.3 is 4.90 Å². The van der Waals surface area contributed by atoms with Gasteiger partial charge in [-0.05, 0) is 25.0 Å². The predicted molar refractivity (Wildman–Crippen MR) is 77.5 cm³/mol. The summed E-state index contributed by atoms with van der Waals surface area (Å²) in [5.41, 5.74) is 1.32. The van der Waals surface area contributed by atoms with E-state index in [0.717, 1.165) is 45.4 Å². The van der Waals surface area contributed by atoms with Gasteiger partial charge in [-0.1, -0.05) is 18.2 Å². The highest BCUT2D eigenvalue weighted by molar-refractivity contribution is 5.79. The predicted octanol–water partition coefficient (Wildman–Crippen LogP) is 2.32. The zero-order valence-electron chi connectivity index (χ0n) is 11.4. The summed E-state index contributed by atoms with van der Waals surface area (Å²) in [6.45, 7) is 4.34. The van der Waals surface area contributed by atoms with Crippen LogP contribution in [0.15, 0.2) is 30.3 Å². The van der Waals surface area contributed by atoms with Crippen LogP contribution in [0.3, 0.4) is 0 Å². The molecule has 3 rings (SSSR count). The summed E-state index contributed by atoms with van der Waals surface area (Å²) < 4.78 is 0. The number of rotatable bonds is 2. The van der Waals surface area contributed by atoms with Crippen molar-refractivity contribution < 1.29 is 4.79 Å². The Morgan fingerprint density at radius 2 is 1.74 bits per heavy atom. The molecule has 0 spiro atoms. The molecule has 1 aromatic rings. The maximum Gasteiger partial charge on any atom is 0.134 e. The maximum absolute atomic E-state index is 11.6. The number of benzene rings is 1. The Labute approximate surface area is 115 Å². The van der Waals surface area contributed by atoms with Crippen LogP contribution in [0.25, 0.3) is 0 Å². The minimum Gasteiger partial charge on any atom is -0.369 e. The molecule has 1 saturated heterocycles. The van der Waals surface area contributed by atoms with Crippen LogP contribution in [0.4, 0.5) is 5.69 Å². The van der Waals surface area contributed by atoms with Crippen LogP contribution in [-0.2, 0) is 4.79 Å². The van der Waals surface area contributed by atoms with Crippen molar-refractivity contribution >= 4 is 11.5 Å². The lowest BCUT2D eigenvalue weighted by molar-refractivity contribution is -0.122. The van der Waals surface area contributed by atoms with E-state index in [1.54, 1.807) is 0 Å². The molecule has 3 nitrogen and oxygen atoms in total. The number of ketones is 1. The molecule has 1 aliphatic carbocycles. The second-order valence-electron chi connectivity index (χ2n) is 5.65. The third-order valence-electron chi connectivity index (χ3n) is 4.41. The first-order valence-corrected chi connectivity index (χ1v) is 7.39. The molecular formula is C16H22N2O. The molecule has 2 fully saturated rings. The largest absolute Gasteiger partial charge is 0.369 e. The Morgan fingerprint density at radius 1 is 1.00 bits per heavy atom. The van der Waals surface area contributed by atoms with Crippen molar-refractivity contribution in [2.75, 3.05) is 31.1 Å². The quantitative estimate of drug-likeness (QED) is 0.813. The molecule has 1 atom stereocenters. The van der Waals surface area contributed by atoms with Crippen molar-refractivity contribution in [3.63, 3.8) is 0 Å². The lowest BCUT2D eigenvalue weighted by Crippen LogP contribution is -2.51. The van der Waals surface area contributed by atoms with Gasteiger partial charge in [-0.3, -0.25) is 9.69 Å². The first-order valence-electron chi connectivity index (χ1n) is 7.39. The van der Waals surface area contributed by atoms with E-state index in [-0.39, 0.29) is 0 Å². The Bertz CT molecular complexity index is 424. The molecule has 3 heteroatoms. The highest BCUT2D eigenvalue weighted by atomic mass is 16.1. The molecule has 0 bridgehead atoms. The van der Waals surface area contributed by atoms with Gasteiger partial charge in [0.1, 0.15) is 5.78 Å². The second-order valence-corrected chi connectivity index (χ2v) is 5.65. The molecule has 1 aromatic carbocycles. The topological polar surface area (TPSA) is 23.6 Å². The minimum absolute atomic E-state index is 0.460. The average molecular weight is 258 g/mol. The maximum atomic E-state index is 11.6. The molecule has 102 valence electrons. The van der Waals surface area contributed by atoms with Crippen molar-refractivity contribution in [1.29, 1.82) is 0 Å². The van der Waals surface area contributed by atoms with Gasteiger partial charge in [0.25, 0.3) is 0 Å². The molecule has 1 aliphatic heterocycles. The van der Waals surface area contributed by atoms with Crippen molar-refractivity contribution in [3.05, 3.63) is 30.3 Å². The van der Waals surface area contributed by atoms with Gasteiger partial charge in [0.2, 0.25) is 0 Å². The molecule has 19 heavy (non-hydrogen) atoms. The molecule has 0 radical (unpaired) electrons. The van der Waals surface area contributed by atoms with Crippen molar-refractivity contribution in [2.24, 2.45) is 0 Å².